The van der Waals surface area contributed by atoms with E-state index in [1.165, 1.54) is 6.20 Å². The van der Waals surface area contributed by atoms with E-state index in [9.17, 15) is 9.59 Å². The van der Waals surface area contributed by atoms with Gasteiger partial charge in [-0.3, -0.25) is 14.6 Å². The van der Waals surface area contributed by atoms with Gasteiger partial charge in [0.15, 0.2) is 0 Å². The molecule has 1 aromatic heterocycles. The van der Waals surface area contributed by atoms with Gasteiger partial charge >= 0.3 is 0 Å². The van der Waals surface area contributed by atoms with Gasteiger partial charge in [-0.05, 0) is 18.6 Å². The molecule has 1 rings (SSSR count). The molecule has 0 unspecified atom stereocenters. The van der Waals surface area contributed by atoms with E-state index in [1.54, 1.807) is 18.3 Å². The highest BCUT2D eigenvalue weighted by molar-refractivity contribution is 5.96. The second-order valence-corrected chi connectivity index (χ2v) is 3.35. The summed E-state index contributed by atoms with van der Waals surface area (Å²) in [6, 6.07) is 3.27. The molecule has 0 saturated carbocycles. The van der Waals surface area contributed by atoms with Gasteiger partial charge in [-0.25, -0.2) is 0 Å². The molecule has 0 spiro atoms. The van der Waals surface area contributed by atoms with Crippen LogP contribution in [-0.4, -0.2) is 41.6 Å². The molecule has 1 heterocycles. The first-order valence-electron chi connectivity index (χ1n) is 5.30. The van der Waals surface area contributed by atoms with E-state index < -0.39 is 0 Å². The summed E-state index contributed by atoms with van der Waals surface area (Å²) in [5, 5.41) is 13.6. The third-order valence-electron chi connectivity index (χ3n) is 1.99. The highest BCUT2D eigenvalue weighted by atomic mass is 16.3. The highest BCUT2D eigenvalue weighted by Crippen LogP contribution is 1.94. The number of aliphatic hydroxyl groups is 1. The summed E-state index contributed by atoms with van der Waals surface area (Å²) in [7, 11) is 0. The normalized spacial score (nSPS) is 9.71. The number of pyridine rings is 1. The van der Waals surface area contributed by atoms with Crippen molar-refractivity contribution in [2.24, 2.45) is 0 Å². The highest BCUT2D eigenvalue weighted by Gasteiger charge is 2.06. The molecule has 92 valence electrons. The lowest BCUT2D eigenvalue weighted by atomic mass is 10.3. The molecule has 0 saturated heterocycles. The molecular weight excluding hydrogens is 222 g/mol. The maximum atomic E-state index is 11.5. The fraction of sp³-hybridized carbons (Fsp3) is 0.364. The van der Waals surface area contributed by atoms with Crippen LogP contribution in [0.2, 0.25) is 0 Å². The van der Waals surface area contributed by atoms with Gasteiger partial charge in [-0.1, -0.05) is 0 Å². The van der Waals surface area contributed by atoms with Crippen molar-refractivity contribution >= 4 is 11.8 Å². The van der Waals surface area contributed by atoms with Crippen molar-refractivity contribution in [1.29, 1.82) is 0 Å². The molecule has 2 amide bonds. The second-order valence-electron chi connectivity index (χ2n) is 3.35. The summed E-state index contributed by atoms with van der Waals surface area (Å²) in [5.41, 5.74) is 0.413. The van der Waals surface area contributed by atoms with Gasteiger partial charge in [-0.15, -0.1) is 0 Å². The Balaban J connectivity index is 2.26. The van der Waals surface area contributed by atoms with Crippen molar-refractivity contribution in [1.82, 2.24) is 15.6 Å². The Hall–Kier alpha value is -1.95. The number of nitrogens with zero attached hydrogens (tertiary/aromatic N) is 1. The molecule has 0 aliphatic heterocycles. The zero-order chi connectivity index (χ0) is 12.5. The summed E-state index contributed by atoms with van der Waals surface area (Å²) >= 11 is 0. The standard InChI is InChI=1S/C11H15N3O3/c15-6-2-5-13-10(16)8-14-11(17)9-3-1-4-12-7-9/h1,3-4,7,15H,2,5-6,8H2,(H,13,16)(H,14,17). The van der Waals surface area contributed by atoms with Gasteiger partial charge in [0.25, 0.3) is 5.91 Å². The molecule has 0 aromatic carbocycles. The van der Waals surface area contributed by atoms with E-state index in [4.69, 9.17) is 5.11 Å². The van der Waals surface area contributed by atoms with Gasteiger partial charge in [0.1, 0.15) is 0 Å². The third-order valence-corrected chi connectivity index (χ3v) is 1.99. The second kappa shape index (κ2) is 7.34. The fourth-order valence-corrected chi connectivity index (χ4v) is 1.13. The molecule has 0 aliphatic rings. The number of nitrogens with one attached hydrogen (secondary N) is 2. The molecule has 0 bridgehead atoms. The Morgan fingerprint density at radius 2 is 2.18 bits per heavy atom. The lowest BCUT2D eigenvalue weighted by Gasteiger charge is -2.05. The van der Waals surface area contributed by atoms with Crippen molar-refractivity contribution in [3.63, 3.8) is 0 Å². The van der Waals surface area contributed by atoms with E-state index >= 15 is 0 Å². The van der Waals surface area contributed by atoms with E-state index in [0.29, 0.717) is 18.5 Å². The Morgan fingerprint density at radius 1 is 1.35 bits per heavy atom. The maximum Gasteiger partial charge on any atom is 0.253 e. The topological polar surface area (TPSA) is 91.3 Å². The first-order chi connectivity index (χ1) is 8.24. The number of hydrogen-bond donors (Lipinski definition) is 3. The quantitative estimate of drug-likeness (QED) is 0.571. The average Bonchev–Trinajstić information content (AvgIpc) is 2.37. The van der Waals surface area contributed by atoms with Crippen LogP contribution in [0.1, 0.15) is 16.8 Å². The van der Waals surface area contributed by atoms with Crippen LogP contribution in [0.25, 0.3) is 0 Å². The zero-order valence-electron chi connectivity index (χ0n) is 9.35. The summed E-state index contributed by atoms with van der Waals surface area (Å²) in [6.07, 6.45) is 3.50. The van der Waals surface area contributed by atoms with Crippen LogP contribution >= 0.6 is 0 Å². The predicted molar refractivity (Wildman–Crippen MR) is 61.3 cm³/mol. The fourth-order valence-electron chi connectivity index (χ4n) is 1.13. The van der Waals surface area contributed by atoms with Crippen LogP contribution < -0.4 is 10.6 Å². The van der Waals surface area contributed by atoms with Crippen LogP contribution in [0.5, 0.6) is 0 Å². The van der Waals surface area contributed by atoms with Gasteiger partial charge in [0.05, 0.1) is 12.1 Å². The van der Waals surface area contributed by atoms with Crippen molar-refractivity contribution in [3.05, 3.63) is 30.1 Å². The van der Waals surface area contributed by atoms with Gasteiger partial charge in [0.2, 0.25) is 5.91 Å². The zero-order valence-corrected chi connectivity index (χ0v) is 9.35. The number of carbonyl (C=O) groups excluding carboxylic acids is 2. The number of hydrogen-bond acceptors (Lipinski definition) is 4. The lowest BCUT2D eigenvalue weighted by Crippen LogP contribution is -2.37. The summed E-state index contributed by atoms with van der Waals surface area (Å²) in [4.78, 5) is 26.5. The van der Waals surface area contributed by atoms with Gasteiger partial charge < -0.3 is 15.7 Å². The number of aromatic nitrogens is 1. The van der Waals surface area contributed by atoms with E-state index in [2.05, 4.69) is 15.6 Å². The molecule has 0 fully saturated rings. The molecule has 0 aliphatic carbocycles. The van der Waals surface area contributed by atoms with Crippen LogP contribution in [0.15, 0.2) is 24.5 Å². The molecule has 17 heavy (non-hydrogen) atoms. The molecule has 6 heteroatoms. The Morgan fingerprint density at radius 3 is 2.82 bits per heavy atom. The minimum atomic E-state index is -0.338. The number of carbonyl (C=O) groups is 2. The largest absolute Gasteiger partial charge is 0.396 e. The van der Waals surface area contributed by atoms with Crippen molar-refractivity contribution in [3.8, 4) is 0 Å². The van der Waals surface area contributed by atoms with Gasteiger partial charge in [0, 0.05) is 25.5 Å². The summed E-state index contributed by atoms with van der Waals surface area (Å²) in [6.45, 7) is 0.347. The average molecular weight is 237 g/mol. The Bertz CT molecular complexity index is 367. The first kappa shape index (κ1) is 13.1. The monoisotopic (exact) mass is 237 g/mol. The molecule has 0 atom stereocenters. The molecular formula is C11H15N3O3. The molecule has 0 radical (unpaired) electrons. The third kappa shape index (κ3) is 5.07. The smallest absolute Gasteiger partial charge is 0.253 e. The van der Waals surface area contributed by atoms with E-state index in [-0.39, 0.29) is 25.0 Å². The van der Waals surface area contributed by atoms with E-state index in [0.717, 1.165) is 0 Å². The maximum absolute atomic E-state index is 11.5. The molecule has 3 N–H and O–H groups in total. The summed E-state index contributed by atoms with van der Waals surface area (Å²) < 4.78 is 0. The number of amides is 2. The predicted octanol–water partition coefficient (Wildman–Crippen LogP) is -0.690. The minimum Gasteiger partial charge on any atom is -0.396 e. The van der Waals surface area contributed by atoms with Crippen LogP contribution in [-0.2, 0) is 4.79 Å². The lowest BCUT2D eigenvalue weighted by molar-refractivity contribution is -0.120. The molecule has 6 nitrogen and oxygen atoms in total. The van der Waals surface area contributed by atoms with Crippen LogP contribution in [0.3, 0.4) is 0 Å². The van der Waals surface area contributed by atoms with Crippen LogP contribution in [0, 0.1) is 0 Å². The summed E-state index contributed by atoms with van der Waals surface area (Å²) in [5.74, 6) is -0.619. The van der Waals surface area contributed by atoms with Crippen LogP contribution in [0.4, 0.5) is 0 Å². The van der Waals surface area contributed by atoms with Gasteiger partial charge in [-0.2, -0.15) is 0 Å². The minimum absolute atomic E-state index is 0.0301. The van der Waals surface area contributed by atoms with Crippen molar-refractivity contribution in [2.45, 2.75) is 6.42 Å². The van der Waals surface area contributed by atoms with Crippen molar-refractivity contribution < 1.29 is 14.7 Å². The van der Waals surface area contributed by atoms with Crippen molar-refractivity contribution in [2.75, 3.05) is 19.7 Å². The first-order valence-corrected chi connectivity index (χ1v) is 5.30. The van der Waals surface area contributed by atoms with E-state index in [1.807, 2.05) is 0 Å². The Labute approximate surface area is 99.1 Å². The Kier molecular flexibility index (Phi) is 5.67. The SMILES string of the molecule is O=C(CNC(=O)c1cccnc1)NCCCO. The number of rotatable bonds is 6. The number of aliphatic hydroxyl groups excluding tert-OH is 1. The molecule has 1 aromatic rings.